The van der Waals surface area contributed by atoms with E-state index >= 15 is 0 Å². The van der Waals surface area contributed by atoms with Crippen molar-refractivity contribution in [2.24, 2.45) is 0 Å². The van der Waals surface area contributed by atoms with Crippen LogP contribution in [0.1, 0.15) is 39.8 Å². The van der Waals surface area contributed by atoms with Gasteiger partial charge in [-0.05, 0) is 44.2 Å². The van der Waals surface area contributed by atoms with E-state index in [9.17, 15) is 4.79 Å². The summed E-state index contributed by atoms with van der Waals surface area (Å²) in [5.41, 5.74) is 3.57. The number of benzene rings is 1. The van der Waals surface area contributed by atoms with E-state index in [2.05, 4.69) is 39.9 Å². The number of aromatic nitrogens is 1. The molecule has 0 aliphatic heterocycles. The summed E-state index contributed by atoms with van der Waals surface area (Å²) in [4.78, 5) is 17.6. The number of hydrogen-bond acceptors (Lipinski definition) is 4. The third kappa shape index (κ3) is 3.14. The number of carbonyl (C=O) groups excluding carboxylic acids is 1. The fraction of sp³-hybridized carbons (Fsp3) is 0.412. The van der Waals surface area contributed by atoms with Crippen LogP contribution in [-0.4, -0.2) is 23.5 Å². The maximum atomic E-state index is 12.5. The minimum absolute atomic E-state index is 0.00327. The van der Waals surface area contributed by atoms with Crippen molar-refractivity contribution in [1.29, 1.82) is 0 Å². The van der Waals surface area contributed by atoms with Crippen molar-refractivity contribution >= 4 is 22.4 Å². The molecule has 0 saturated heterocycles. The topological polar surface area (TPSA) is 54.0 Å². The summed E-state index contributed by atoms with van der Waals surface area (Å²) >= 11 is 1.43. The van der Waals surface area contributed by atoms with Crippen LogP contribution in [0.4, 0.5) is 5.13 Å². The minimum Gasteiger partial charge on any atom is -0.362 e. The SMILES string of the molecule is CCNc1nc(C)c(C(=O)NC2CCc3ccccc3C2)s1. The van der Waals surface area contributed by atoms with E-state index in [0.717, 1.165) is 41.5 Å². The number of hydrogen-bond donors (Lipinski definition) is 2. The predicted molar refractivity (Wildman–Crippen MR) is 90.7 cm³/mol. The molecule has 2 N–H and O–H groups in total. The first-order valence-electron chi connectivity index (χ1n) is 7.76. The molecule has 0 fully saturated rings. The molecule has 5 heteroatoms. The van der Waals surface area contributed by atoms with Gasteiger partial charge in [-0.3, -0.25) is 4.79 Å². The molecule has 1 aromatic carbocycles. The maximum Gasteiger partial charge on any atom is 0.263 e. The Morgan fingerprint density at radius 1 is 1.36 bits per heavy atom. The van der Waals surface area contributed by atoms with E-state index in [-0.39, 0.29) is 11.9 Å². The molecule has 1 atom stereocenters. The van der Waals surface area contributed by atoms with E-state index in [1.54, 1.807) is 0 Å². The summed E-state index contributed by atoms with van der Waals surface area (Å²) in [6, 6.07) is 8.71. The number of fused-ring (bicyclic) bond motifs is 1. The molecule has 1 amide bonds. The van der Waals surface area contributed by atoms with Gasteiger partial charge in [0.2, 0.25) is 0 Å². The van der Waals surface area contributed by atoms with E-state index in [4.69, 9.17) is 0 Å². The van der Waals surface area contributed by atoms with E-state index in [0.29, 0.717) is 0 Å². The van der Waals surface area contributed by atoms with Gasteiger partial charge in [0.05, 0.1) is 5.69 Å². The van der Waals surface area contributed by atoms with Gasteiger partial charge in [-0.15, -0.1) is 0 Å². The number of nitrogens with zero attached hydrogens (tertiary/aromatic N) is 1. The monoisotopic (exact) mass is 315 g/mol. The molecule has 2 aromatic rings. The molecule has 116 valence electrons. The molecule has 0 saturated carbocycles. The van der Waals surface area contributed by atoms with Crippen LogP contribution in [0.25, 0.3) is 0 Å². The lowest BCUT2D eigenvalue weighted by Gasteiger charge is -2.25. The van der Waals surface area contributed by atoms with Crippen LogP contribution in [-0.2, 0) is 12.8 Å². The number of rotatable bonds is 4. The molecule has 0 spiro atoms. The first-order valence-corrected chi connectivity index (χ1v) is 8.58. The van der Waals surface area contributed by atoms with Crippen molar-refractivity contribution in [3.8, 4) is 0 Å². The summed E-state index contributed by atoms with van der Waals surface area (Å²) in [5.74, 6) is 0.00327. The number of nitrogens with one attached hydrogen (secondary N) is 2. The highest BCUT2D eigenvalue weighted by Crippen LogP contribution is 2.24. The lowest BCUT2D eigenvalue weighted by atomic mass is 9.88. The second-order valence-electron chi connectivity index (χ2n) is 5.65. The average molecular weight is 315 g/mol. The molecule has 1 unspecified atom stereocenters. The standard InChI is InChI=1S/C17H21N3OS/c1-3-18-17-19-11(2)15(22-17)16(21)20-14-9-8-12-6-4-5-7-13(12)10-14/h4-7,14H,3,8-10H2,1-2H3,(H,18,19)(H,20,21). The van der Waals surface area contributed by atoms with E-state index in [1.807, 2.05) is 13.8 Å². The zero-order valence-corrected chi connectivity index (χ0v) is 13.8. The molecule has 1 heterocycles. The Balaban J connectivity index is 1.68. The fourth-order valence-electron chi connectivity index (χ4n) is 2.91. The Kier molecular flexibility index (Phi) is 4.43. The van der Waals surface area contributed by atoms with E-state index in [1.165, 1.54) is 22.5 Å². The van der Waals surface area contributed by atoms with Gasteiger partial charge in [0, 0.05) is 12.6 Å². The summed E-state index contributed by atoms with van der Waals surface area (Å²) in [6.45, 7) is 4.73. The number of aryl methyl sites for hydroxylation is 2. The Hall–Kier alpha value is -1.88. The van der Waals surface area contributed by atoms with Gasteiger partial charge < -0.3 is 10.6 Å². The van der Waals surface area contributed by atoms with Crippen LogP contribution in [0, 0.1) is 6.92 Å². The average Bonchev–Trinajstić information content (AvgIpc) is 2.88. The first-order chi connectivity index (χ1) is 10.7. The van der Waals surface area contributed by atoms with Gasteiger partial charge in [-0.25, -0.2) is 4.98 Å². The second-order valence-corrected chi connectivity index (χ2v) is 6.64. The van der Waals surface area contributed by atoms with Gasteiger partial charge in [0.25, 0.3) is 5.91 Å². The van der Waals surface area contributed by atoms with Crippen molar-refractivity contribution in [3.05, 3.63) is 46.0 Å². The molecular weight excluding hydrogens is 294 g/mol. The van der Waals surface area contributed by atoms with Crippen molar-refractivity contribution in [3.63, 3.8) is 0 Å². The van der Waals surface area contributed by atoms with Crippen LogP contribution in [0.2, 0.25) is 0 Å². The number of carbonyl (C=O) groups is 1. The summed E-state index contributed by atoms with van der Waals surface area (Å²) in [6.07, 6.45) is 2.95. The maximum absolute atomic E-state index is 12.5. The summed E-state index contributed by atoms with van der Waals surface area (Å²) in [7, 11) is 0. The molecule has 0 radical (unpaired) electrons. The summed E-state index contributed by atoms with van der Waals surface area (Å²) < 4.78 is 0. The number of thiazole rings is 1. The van der Waals surface area contributed by atoms with Gasteiger partial charge in [0.15, 0.2) is 5.13 Å². The fourth-order valence-corrected chi connectivity index (χ4v) is 3.84. The smallest absolute Gasteiger partial charge is 0.263 e. The normalized spacial score (nSPS) is 16.9. The van der Waals surface area contributed by atoms with Crippen LogP contribution in [0.3, 0.4) is 0 Å². The highest BCUT2D eigenvalue weighted by atomic mass is 32.1. The van der Waals surface area contributed by atoms with Crippen molar-refractivity contribution in [1.82, 2.24) is 10.3 Å². The Labute approximate surface area is 135 Å². The third-order valence-corrected chi connectivity index (χ3v) is 5.13. The van der Waals surface area contributed by atoms with Gasteiger partial charge >= 0.3 is 0 Å². The third-order valence-electron chi connectivity index (χ3n) is 4.01. The zero-order chi connectivity index (χ0) is 15.5. The van der Waals surface area contributed by atoms with Crippen LogP contribution >= 0.6 is 11.3 Å². The lowest BCUT2D eigenvalue weighted by molar-refractivity contribution is 0.0937. The van der Waals surface area contributed by atoms with E-state index < -0.39 is 0 Å². The molecular formula is C17H21N3OS. The van der Waals surface area contributed by atoms with Crippen molar-refractivity contribution in [2.45, 2.75) is 39.2 Å². The largest absolute Gasteiger partial charge is 0.362 e. The van der Waals surface area contributed by atoms with Crippen LogP contribution in [0.15, 0.2) is 24.3 Å². The van der Waals surface area contributed by atoms with Crippen LogP contribution < -0.4 is 10.6 Å². The van der Waals surface area contributed by atoms with Gasteiger partial charge in [-0.2, -0.15) is 0 Å². The van der Waals surface area contributed by atoms with Crippen LogP contribution in [0.5, 0.6) is 0 Å². The Bertz CT molecular complexity index is 680. The first kappa shape index (κ1) is 15.0. The summed E-state index contributed by atoms with van der Waals surface area (Å²) in [5, 5.41) is 7.16. The van der Waals surface area contributed by atoms with Crippen molar-refractivity contribution < 1.29 is 4.79 Å². The highest BCUT2D eigenvalue weighted by molar-refractivity contribution is 7.17. The molecule has 4 nitrogen and oxygen atoms in total. The Morgan fingerprint density at radius 3 is 2.91 bits per heavy atom. The second kappa shape index (κ2) is 6.48. The molecule has 3 rings (SSSR count). The number of anilines is 1. The minimum atomic E-state index is 0.00327. The highest BCUT2D eigenvalue weighted by Gasteiger charge is 2.22. The predicted octanol–water partition coefficient (Wildman–Crippen LogP) is 3.17. The molecule has 1 aliphatic carbocycles. The molecule has 0 bridgehead atoms. The zero-order valence-electron chi connectivity index (χ0n) is 13.0. The molecule has 1 aliphatic rings. The number of amides is 1. The quantitative estimate of drug-likeness (QED) is 0.911. The molecule has 1 aromatic heterocycles. The molecule has 22 heavy (non-hydrogen) atoms. The van der Waals surface area contributed by atoms with Crippen molar-refractivity contribution in [2.75, 3.05) is 11.9 Å². The van der Waals surface area contributed by atoms with Gasteiger partial charge in [0.1, 0.15) is 4.88 Å². The van der Waals surface area contributed by atoms with Gasteiger partial charge in [-0.1, -0.05) is 35.6 Å². The Morgan fingerprint density at radius 2 is 2.14 bits per heavy atom. The lowest BCUT2D eigenvalue weighted by Crippen LogP contribution is -2.38.